The van der Waals surface area contributed by atoms with Crippen molar-refractivity contribution in [1.82, 2.24) is 4.90 Å². The first-order valence-electron chi connectivity index (χ1n) is 9.17. The molecule has 0 N–H and O–H groups in total. The van der Waals surface area contributed by atoms with Crippen LogP contribution in [0.4, 0.5) is 0 Å². The summed E-state index contributed by atoms with van der Waals surface area (Å²) < 4.78 is 18.1. The molecule has 0 bridgehead atoms. The molecule has 11 heteroatoms. The van der Waals surface area contributed by atoms with Crippen LogP contribution in [0.5, 0.6) is 0 Å². The molecule has 0 rings (SSSR count). The fourth-order valence-electron chi connectivity index (χ4n) is 1.60. The van der Waals surface area contributed by atoms with Gasteiger partial charge in [0.1, 0.15) is 12.0 Å². The van der Waals surface area contributed by atoms with Crippen molar-refractivity contribution in [2.45, 2.75) is 34.1 Å². The van der Waals surface area contributed by atoms with Crippen LogP contribution in [0.25, 0.3) is 0 Å². The maximum Gasteiger partial charge on any atom is 0.380 e. The minimum Gasteiger partial charge on any atom is -0.466 e. The van der Waals surface area contributed by atoms with Crippen molar-refractivity contribution in [3.63, 3.8) is 0 Å². The predicted octanol–water partition coefficient (Wildman–Crippen LogP) is 0.199. The van der Waals surface area contributed by atoms with Crippen molar-refractivity contribution in [2.24, 2.45) is 0 Å². The average Bonchev–Trinajstić information content (AvgIpc) is 2.66. The van der Waals surface area contributed by atoms with E-state index >= 15 is 0 Å². The quantitative estimate of drug-likeness (QED) is 0.110. The van der Waals surface area contributed by atoms with Crippen LogP contribution in [-0.4, -0.2) is 80.9 Å². The van der Waals surface area contributed by atoms with Gasteiger partial charge < -0.3 is 23.8 Å². The molecule has 0 fully saturated rings. The summed E-state index contributed by atoms with van der Waals surface area (Å²) in [5.74, 6) is -5.47. The van der Waals surface area contributed by atoms with Gasteiger partial charge in [0, 0.05) is 20.3 Å². The van der Waals surface area contributed by atoms with E-state index in [9.17, 15) is 28.8 Å². The van der Waals surface area contributed by atoms with Crippen molar-refractivity contribution in [3.8, 4) is 0 Å². The van der Waals surface area contributed by atoms with Crippen molar-refractivity contribution in [3.05, 3.63) is 11.8 Å². The molecular weight excluding hydrogens is 402 g/mol. The second kappa shape index (κ2) is 16.7. The lowest BCUT2D eigenvalue weighted by molar-refractivity contribution is -0.157. The highest BCUT2D eigenvalue weighted by atomic mass is 16.6. The van der Waals surface area contributed by atoms with Crippen molar-refractivity contribution < 1.29 is 47.7 Å². The molecule has 0 aromatic heterocycles. The normalized spacial score (nSPS) is 10.0. The topological polar surface area (TPSA) is 143 Å². The van der Waals surface area contributed by atoms with E-state index in [4.69, 9.17) is 4.74 Å². The van der Waals surface area contributed by atoms with Crippen molar-refractivity contribution in [1.29, 1.82) is 0 Å². The maximum atomic E-state index is 11.6. The standard InChI is InChI=1S/C11H17NO5.C8H12O5/c1-5-16-10(14)8(7-12(3)4)9(13)11(15)17-6-2;1-3-12-7(10)5-6(9)8(11)13-4-2/h7H,5-6H2,1-4H3;3-5H2,1-2H3/b8-7-;. The zero-order valence-corrected chi connectivity index (χ0v) is 18.1. The van der Waals surface area contributed by atoms with Crippen LogP contribution < -0.4 is 0 Å². The van der Waals surface area contributed by atoms with Gasteiger partial charge in [-0.25, -0.2) is 14.4 Å². The van der Waals surface area contributed by atoms with Crippen LogP contribution in [0.15, 0.2) is 11.8 Å². The van der Waals surface area contributed by atoms with Crippen molar-refractivity contribution in [2.75, 3.05) is 40.5 Å². The smallest absolute Gasteiger partial charge is 0.380 e. The third-order valence-electron chi connectivity index (χ3n) is 2.70. The number of ether oxygens (including phenoxy) is 4. The van der Waals surface area contributed by atoms with Gasteiger partial charge in [-0.2, -0.15) is 0 Å². The fourth-order valence-corrected chi connectivity index (χ4v) is 1.60. The molecule has 0 unspecified atom stereocenters. The summed E-state index contributed by atoms with van der Waals surface area (Å²) in [4.78, 5) is 68.1. The summed E-state index contributed by atoms with van der Waals surface area (Å²) in [6.07, 6.45) is 0.684. The molecule has 170 valence electrons. The fraction of sp³-hybridized carbons (Fsp3) is 0.579. The molecule has 0 aromatic carbocycles. The molecular formula is C19H29NO10. The summed E-state index contributed by atoms with van der Waals surface area (Å²) in [6.45, 7) is 6.89. The van der Waals surface area contributed by atoms with E-state index in [2.05, 4.69) is 14.2 Å². The van der Waals surface area contributed by atoms with Crippen LogP contribution in [0.2, 0.25) is 0 Å². The molecule has 0 amide bonds. The van der Waals surface area contributed by atoms with Gasteiger partial charge in [0.15, 0.2) is 0 Å². The van der Waals surface area contributed by atoms with E-state index in [1.54, 1.807) is 41.8 Å². The maximum absolute atomic E-state index is 11.6. The average molecular weight is 431 g/mol. The van der Waals surface area contributed by atoms with Gasteiger partial charge >= 0.3 is 23.9 Å². The molecule has 0 heterocycles. The van der Waals surface area contributed by atoms with Gasteiger partial charge in [-0.1, -0.05) is 0 Å². The van der Waals surface area contributed by atoms with Crippen LogP contribution in [-0.2, 0) is 47.7 Å². The monoisotopic (exact) mass is 431 g/mol. The Morgan fingerprint density at radius 1 is 0.667 bits per heavy atom. The SMILES string of the molecule is CCOC(=O)C(=O)/C(=C/N(C)C)C(=O)OCC.CCOC(=O)CC(=O)C(=O)OCC. The summed E-state index contributed by atoms with van der Waals surface area (Å²) in [6, 6.07) is 0. The van der Waals surface area contributed by atoms with Gasteiger partial charge in [-0.3, -0.25) is 14.4 Å². The Kier molecular flexibility index (Phi) is 16.1. The number of carbonyl (C=O) groups is 6. The molecule has 0 radical (unpaired) electrons. The van der Waals surface area contributed by atoms with E-state index < -0.39 is 41.9 Å². The van der Waals surface area contributed by atoms with E-state index in [0.29, 0.717) is 0 Å². The Morgan fingerprint density at radius 3 is 1.53 bits per heavy atom. The van der Waals surface area contributed by atoms with Crippen LogP contribution >= 0.6 is 0 Å². The molecule has 0 saturated heterocycles. The summed E-state index contributed by atoms with van der Waals surface area (Å²) >= 11 is 0. The number of carbonyl (C=O) groups excluding carboxylic acids is 6. The van der Waals surface area contributed by atoms with E-state index in [1.165, 1.54) is 11.1 Å². The molecule has 0 saturated carbocycles. The Bertz CT molecular complexity index is 652. The minimum atomic E-state index is -1.06. The number of ketones is 2. The van der Waals surface area contributed by atoms with Crippen LogP contribution in [0.1, 0.15) is 34.1 Å². The Labute approximate surface area is 175 Å². The number of nitrogens with zero attached hydrogens (tertiary/aromatic N) is 1. The second-order valence-electron chi connectivity index (χ2n) is 5.40. The van der Waals surface area contributed by atoms with Gasteiger partial charge in [-0.05, 0) is 27.7 Å². The lowest BCUT2D eigenvalue weighted by Gasteiger charge is -2.09. The molecule has 0 spiro atoms. The predicted molar refractivity (Wildman–Crippen MR) is 103 cm³/mol. The van der Waals surface area contributed by atoms with E-state index in [1.807, 2.05) is 0 Å². The van der Waals surface area contributed by atoms with Crippen LogP contribution in [0, 0.1) is 0 Å². The molecule has 0 aliphatic rings. The lowest BCUT2D eigenvalue weighted by atomic mass is 10.2. The first-order chi connectivity index (χ1) is 14.0. The zero-order valence-electron chi connectivity index (χ0n) is 18.1. The Hall–Kier alpha value is -3.24. The Balaban J connectivity index is 0. The summed E-state index contributed by atoms with van der Waals surface area (Å²) in [5.41, 5.74) is -0.338. The third kappa shape index (κ3) is 13.0. The third-order valence-corrected chi connectivity index (χ3v) is 2.70. The van der Waals surface area contributed by atoms with Gasteiger partial charge in [0.2, 0.25) is 0 Å². The summed E-state index contributed by atoms with van der Waals surface area (Å²) in [7, 11) is 3.25. The molecule has 0 aliphatic heterocycles. The number of rotatable bonds is 11. The minimum absolute atomic E-state index is 0.0721. The molecule has 0 aromatic rings. The van der Waals surface area contributed by atoms with E-state index in [0.717, 1.165) is 0 Å². The van der Waals surface area contributed by atoms with Gasteiger partial charge in [0.25, 0.3) is 11.6 Å². The van der Waals surface area contributed by atoms with Gasteiger partial charge in [-0.15, -0.1) is 0 Å². The highest BCUT2D eigenvalue weighted by molar-refractivity contribution is 6.46. The highest BCUT2D eigenvalue weighted by Gasteiger charge is 2.27. The van der Waals surface area contributed by atoms with Crippen LogP contribution in [0.3, 0.4) is 0 Å². The second-order valence-corrected chi connectivity index (χ2v) is 5.40. The largest absolute Gasteiger partial charge is 0.466 e. The molecule has 0 aliphatic carbocycles. The highest BCUT2D eigenvalue weighted by Crippen LogP contribution is 2.03. The molecule has 11 nitrogen and oxygen atoms in total. The number of Topliss-reactive ketones (excluding diaryl/α,β-unsaturated/α-hetero) is 2. The van der Waals surface area contributed by atoms with Gasteiger partial charge in [0.05, 0.1) is 26.4 Å². The van der Waals surface area contributed by atoms with E-state index in [-0.39, 0.29) is 32.0 Å². The zero-order chi connectivity index (χ0) is 23.7. The number of hydrogen-bond acceptors (Lipinski definition) is 11. The first-order valence-corrected chi connectivity index (χ1v) is 9.17. The first kappa shape index (κ1) is 29.0. The van der Waals surface area contributed by atoms with Crippen molar-refractivity contribution >= 4 is 35.4 Å². The number of esters is 4. The molecule has 30 heavy (non-hydrogen) atoms. The Morgan fingerprint density at radius 2 is 1.10 bits per heavy atom. The molecule has 0 atom stereocenters. The number of hydrogen-bond donors (Lipinski definition) is 0. The lowest BCUT2D eigenvalue weighted by Crippen LogP contribution is -2.26. The summed E-state index contributed by atoms with van der Waals surface area (Å²) in [5, 5.41) is 0.